The van der Waals surface area contributed by atoms with E-state index < -0.39 is 0 Å². The molecule has 21 heavy (non-hydrogen) atoms. The van der Waals surface area contributed by atoms with Crippen LogP contribution in [0.2, 0.25) is 0 Å². The second-order valence-electron chi connectivity index (χ2n) is 5.87. The summed E-state index contributed by atoms with van der Waals surface area (Å²) in [6, 6.07) is 1.87. The number of piperazine rings is 1. The number of nitrogens with zero attached hydrogens (tertiary/aromatic N) is 4. The fourth-order valence-electron chi connectivity index (χ4n) is 3.02. The third-order valence-corrected chi connectivity index (χ3v) is 4.45. The summed E-state index contributed by atoms with van der Waals surface area (Å²) in [6.07, 6.45) is 8.68. The Morgan fingerprint density at radius 1 is 1.14 bits per heavy atom. The van der Waals surface area contributed by atoms with Gasteiger partial charge in [0.25, 0.3) is 0 Å². The Labute approximate surface area is 128 Å². The van der Waals surface area contributed by atoms with Crippen molar-refractivity contribution in [1.82, 2.24) is 14.9 Å². The Morgan fingerprint density at radius 2 is 1.86 bits per heavy atom. The van der Waals surface area contributed by atoms with Gasteiger partial charge < -0.3 is 10.6 Å². The van der Waals surface area contributed by atoms with Crippen molar-refractivity contribution in [2.45, 2.75) is 32.6 Å². The summed E-state index contributed by atoms with van der Waals surface area (Å²) in [6.45, 7) is 8.61. The van der Waals surface area contributed by atoms with E-state index in [0.29, 0.717) is 0 Å². The van der Waals surface area contributed by atoms with Gasteiger partial charge in [0.2, 0.25) is 5.95 Å². The first-order valence-corrected chi connectivity index (χ1v) is 8.28. The second-order valence-corrected chi connectivity index (χ2v) is 5.87. The number of rotatable bonds is 8. The van der Waals surface area contributed by atoms with Crippen LogP contribution >= 0.6 is 0 Å². The highest BCUT2D eigenvalue weighted by Crippen LogP contribution is 2.16. The van der Waals surface area contributed by atoms with Crippen molar-refractivity contribution in [2.75, 3.05) is 44.2 Å². The highest BCUT2D eigenvalue weighted by molar-refractivity contribution is 5.29. The minimum Gasteiger partial charge on any atom is -0.338 e. The zero-order valence-corrected chi connectivity index (χ0v) is 13.2. The van der Waals surface area contributed by atoms with Crippen molar-refractivity contribution in [2.24, 2.45) is 11.7 Å². The van der Waals surface area contributed by atoms with Crippen LogP contribution in [-0.4, -0.2) is 54.1 Å². The first-order chi connectivity index (χ1) is 10.3. The maximum Gasteiger partial charge on any atom is 0.225 e. The molecule has 1 aromatic rings. The molecule has 1 atom stereocenters. The smallest absolute Gasteiger partial charge is 0.225 e. The molecule has 5 heteroatoms. The second kappa shape index (κ2) is 8.95. The summed E-state index contributed by atoms with van der Waals surface area (Å²) >= 11 is 0. The number of hydrogen-bond donors (Lipinski definition) is 1. The molecule has 1 aromatic heterocycles. The van der Waals surface area contributed by atoms with Gasteiger partial charge in [0.15, 0.2) is 0 Å². The Kier molecular flexibility index (Phi) is 6.89. The zero-order chi connectivity index (χ0) is 14.9. The molecule has 1 aliphatic rings. The molecule has 1 fully saturated rings. The first kappa shape index (κ1) is 16.2. The van der Waals surface area contributed by atoms with Crippen molar-refractivity contribution in [3.05, 3.63) is 18.5 Å². The molecule has 0 spiro atoms. The molecule has 5 nitrogen and oxygen atoms in total. The summed E-state index contributed by atoms with van der Waals surface area (Å²) in [5.74, 6) is 1.68. The van der Waals surface area contributed by atoms with Gasteiger partial charge >= 0.3 is 0 Å². The van der Waals surface area contributed by atoms with E-state index in [2.05, 4.69) is 26.7 Å². The maximum absolute atomic E-state index is 5.66. The van der Waals surface area contributed by atoms with E-state index in [1.54, 1.807) is 0 Å². The molecule has 0 saturated carbocycles. The summed E-state index contributed by atoms with van der Waals surface area (Å²) in [5, 5.41) is 0. The molecule has 2 N–H and O–H groups in total. The third-order valence-electron chi connectivity index (χ3n) is 4.45. The van der Waals surface area contributed by atoms with E-state index >= 15 is 0 Å². The van der Waals surface area contributed by atoms with Crippen LogP contribution in [0.5, 0.6) is 0 Å². The molecule has 1 saturated heterocycles. The van der Waals surface area contributed by atoms with Crippen LogP contribution in [0.15, 0.2) is 18.5 Å². The molecule has 0 aliphatic carbocycles. The van der Waals surface area contributed by atoms with Crippen LogP contribution in [-0.2, 0) is 0 Å². The lowest BCUT2D eigenvalue weighted by Gasteiger charge is -2.34. The van der Waals surface area contributed by atoms with Gasteiger partial charge in [-0.15, -0.1) is 0 Å². The molecular formula is C16H29N5. The van der Waals surface area contributed by atoms with Gasteiger partial charge in [-0.05, 0) is 44.3 Å². The molecule has 0 bridgehead atoms. The molecule has 0 aromatic carbocycles. The molecule has 1 unspecified atom stereocenters. The van der Waals surface area contributed by atoms with Crippen molar-refractivity contribution in [1.29, 1.82) is 0 Å². The van der Waals surface area contributed by atoms with Crippen molar-refractivity contribution in [3.8, 4) is 0 Å². The molecular weight excluding hydrogens is 262 g/mol. The van der Waals surface area contributed by atoms with E-state index in [9.17, 15) is 0 Å². The van der Waals surface area contributed by atoms with Gasteiger partial charge in [-0.2, -0.15) is 0 Å². The minimum atomic E-state index is 0.814. The van der Waals surface area contributed by atoms with Gasteiger partial charge in [-0.1, -0.05) is 13.3 Å². The Bertz CT molecular complexity index is 376. The first-order valence-electron chi connectivity index (χ1n) is 8.28. The van der Waals surface area contributed by atoms with Gasteiger partial charge in [0, 0.05) is 38.6 Å². The zero-order valence-electron chi connectivity index (χ0n) is 13.2. The normalized spacial score (nSPS) is 17.9. The van der Waals surface area contributed by atoms with Gasteiger partial charge in [-0.3, -0.25) is 4.90 Å². The van der Waals surface area contributed by atoms with E-state index in [1.165, 1.54) is 32.2 Å². The standard InChI is InChI=1S/C16H29N5/c1-2-15(6-7-17)5-3-10-20-11-13-21(14-12-20)16-18-8-4-9-19-16/h4,8-9,15H,2-3,5-7,10-14,17H2,1H3. The van der Waals surface area contributed by atoms with E-state index in [-0.39, 0.29) is 0 Å². The number of hydrogen-bond acceptors (Lipinski definition) is 5. The van der Waals surface area contributed by atoms with Crippen molar-refractivity contribution >= 4 is 5.95 Å². The highest BCUT2D eigenvalue weighted by Gasteiger charge is 2.18. The number of aromatic nitrogens is 2. The lowest BCUT2D eigenvalue weighted by molar-refractivity contribution is 0.243. The third kappa shape index (κ3) is 5.25. The number of anilines is 1. The fraction of sp³-hybridized carbons (Fsp3) is 0.750. The summed E-state index contributed by atoms with van der Waals surface area (Å²) in [4.78, 5) is 13.5. The van der Waals surface area contributed by atoms with Crippen LogP contribution in [0, 0.1) is 5.92 Å². The predicted octanol–water partition coefficient (Wildman–Crippen LogP) is 1.75. The van der Waals surface area contributed by atoms with Crippen molar-refractivity contribution < 1.29 is 0 Å². The molecule has 2 heterocycles. The molecule has 0 amide bonds. The van der Waals surface area contributed by atoms with Crippen LogP contribution in [0.1, 0.15) is 32.6 Å². The maximum atomic E-state index is 5.66. The Morgan fingerprint density at radius 3 is 2.48 bits per heavy atom. The van der Waals surface area contributed by atoms with Gasteiger partial charge in [0.1, 0.15) is 0 Å². The molecule has 2 rings (SSSR count). The summed E-state index contributed by atoms with van der Waals surface area (Å²) in [7, 11) is 0. The molecule has 118 valence electrons. The van der Waals surface area contributed by atoms with Gasteiger partial charge in [0.05, 0.1) is 0 Å². The topological polar surface area (TPSA) is 58.3 Å². The molecule has 0 radical (unpaired) electrons. The SMILES string of the molecule is CCC(CCN)CCCN1CCN(c2ncccn2)CC1. The van der Waals surface area contributed by atoms with E-state index in [0.717, 1.165) is 44.6 Å². The minimum absolute atomic E-state index is 0.814. The molecule has 1 aliphatic heterocycles. The van der Waals surface area contributed by atoms with Crippen LogP contribution < -0.4 is 10.6 Å². The van der Waals surface area contributed by atoms with E-state index in [4.69, 9.17) is 5.73 Å². The highest BCUT2D eigenvalue weighted by atomic mass is 15.3. The summed E-state index contributed by atoms with van der Waals surface area (Å²) in [5.41, 5.74) is 5.66. The Hall–Kier alpha value is -1.20. The average molecular weight is 291 g/mol. The fourth-order valence-corrected chi connectivity index (χ4v) is 3.02. The van der Waals surface area contributed by atoms with Gasteiger partial charge in [-0.25, -0.2) is 9.97 Å². The quantitative estimate of drug-likeness (QED) is 0.791. The largest absolute Gasteiger partial charge is 0.338 e. The van der Waals surface area contributed by atoms with Crippen LogP contribution in [0.4, 0.5) is 5.95 Å². The lowest BCUT2D eigenvalue weighted by atomic mass is 9.96. The van der Waals surface area contributed by atoms with Crippen LogP contribution in [0.25, 0.3) is 0 Å². The van der Waals surface area contributed by atoms with Crippen LogP contribution in [0.3, 0.4) is 0 Å². The number of nitrogens with two attached hydrogens (primary N) is 1. The van der Waals surface area contributed by atoms with Crippen molar-refractivity contribution in [3.63, 3.8) is 0 Å². The lowest BCUT2D eigenvalue weighted by Crippen LogP contribution is -2.47. The summed E-state index contributed by atoms with van der Waals surface area (Å²) < 4.78 is 0. The van der Waals surface area contributed by atoms with E-state index in [1.807, 2.05) is 18.5 Å². The predicted molar refractivity (Wildman–Crippen MR) is 87.4 cm³/mol. The monoisotopic (exact) mass is 291 g/mol. The Balaban J connectivity index is 1.65. The average Bonchev–Trinajstić information content (AvgIpc) is 2.55.